The highest BCUT2D eigenvalue weighted by molar-refractivity contribution is 5.78. The van der Waals surface area contributed by atoms with Crippen LogP contribution >= 0.6 is 0 Å². The average molecular weight is 320 g/mol. The van der Waals surface area contributed by atoms with Gasteiger partial charge < -0.3 is 9.32 Å². The topological polar surface area (TPSA) is 72.1 Å². The summed E-state index contributed by atoms with van der Waals surface area (Å²) in [7, 11) is 0. The molecule has 1 aliphatic rings. The Bertz CT molecular complexity index is 860. The molecule has 4 rings (SSSR count). The summed E-state index contributed by atoms with van der Waals surface area (Å²) in [6, 6.07) is 13.7. The van der Waals surface area contributed by atoms with Gasteiger partial charge in [0.2, 0.25) is 11.8 Å². The molecule has 1 aliphatic heterocycles. The summed E-state index contributed by atoms with van der Waals surface area (Å²) in [5, 5.41) is 7.94. The minimum absolute atomic E-state index is 0.000670. The fraction of sp³-hybridized carbons (Fsp3) is 0.222. The fourth-order valence-corrected chi connectivity index (χ4v) is 2.87. The van der Waals surface area contributed by atoms with E-state index in [1.807, 2.05) is 29.2 Å². The van der Waals surface area contributed by atoms with Gasteiger partial charge in [0.15, 0.2) is 0 Å². The van der Waals surface area contributed by atoms with Gasteiger partial charge in [-0.2, -0.15) is 0 Å². The Hall–Kier alpha value is -3.02. The van der Waals surface area contributed by atoms with Crippen molar-refractivity contribution in [3.8, 4) is 11.6 Å². The van der Waals surface area contributed by atoms with Crippen LogP contribution in [0.15, 0.2) is 53.1 Å². The fourth-order valence-electron chi connectivity index (χ4n) is 2.87. The molecule has 3 aromatic rings. The molecule has 120 valence electrons. The first kappa shape index (κ1) is 14.6. The molecule has 6 nitrogen and oxygen atoms in total. The van der Waals surface area contributed by atoms with Gasteiger partial charge >= 0.3 is 0 Å². The molecule has 0 unspecified atom stereocenters. The highest BCUT2D eigenvalue weighted by Crippen LogP contribution is 2.20. The lowest BCUT2D eigenvalue weighted by Crippen LogP contribution is -2.36. The monoisotopic (exact) mass is 320 g/mol. The number of amides is 1. The number of benzene rings is 1. The molecule has 0 spiro atoms. The number of rotatable bonds is 3. The average Bonchev–Trinajstić information content (AvgIpc) is 3.10. The van der Waals surface area contributed by atoms with E-state index >= 15 is 0 Å². The summed E-state index contributed by atoms with van der Waals surface area (Å²) in [4.78, 5) is 18.5. The molecule has 0 saturated carbocycles. The molecule has 3 heterocycles. The molecule has 0 radical (unpaired) electrons. The standard InChI is InChI=1S/C18H16N4O2/c23-17(22-10-8-13-5-1-2-6-14(13)12-22)11-16-20-21-18(24-16)15-7-3-4-9-19-15/h1-7,9H,8,10-12H2. The van der Waals surface area contributed by atoms with E-state index in [4.69, 9.17) is 4.42 Å². The quantitative estimate of drug-likeness (QED) is 0.740. The summed E-state index contributed by atoms with van der Waals surface area (Å²) in [5.74, 6) is 0.655. The van der Waals surface area contributed by atoms with Crippen molar-refractivity contribution < 1.29 is 9.21 Å². The van der Waals surface area contributed by atoms with E-state index in [0.717, 1.165) is 13.0 Å². The summed E-state index contributed by atoms with van der Waals surface area (Å²) >= 11 is 0. The van der Waals surface area contributed by atoms with Gasteiger partial charge in [-0.1, -0.05) is 30.3 Å². The van der Waals surface area contributed by atoms with Crippen LogP contribution in [0.25, 0.3) is 11.6 Å². The van der Waals surface area contributed by atoms with E-state index < -0.39 is 0 Å². The molecule has 0 N–H and O–H groups in total. The zero-order chi connectivity index (χ0) is 16.4. The molecule has 0 saturated heterocycles. The Morgan fingerprint density at radius 1 is 1.08 bits per heavy atom. The lowest BCUT2D eigenvalue weighted by Gasteiger charge is -2.28. The lowest BCUT2D eigenvalue weighted by molar-refractivity contribution is -0.131. The van der Waals surface area contributed by atoms with Crippen molar-refractivity contribution in [3.05, 3.63) is 65.7 Å². The third-order valence-electron chi connectivity index (χ3n) is 4.14. The minimum atomic E-state index is 0.000670. The van der Waals surface area contributed by atoms with Crippen LogP contribution in [0.3, 0.4) is 0 Å². The molecule has 6 heteroatoms. The number of nitrogens with zero attached hydrogens (tertiary/aromatic N) is 4. The lowest BCUT2D eigenvalue weighted by atomic mass is 10.00. The van der Waals surface area contributed by atoms with Crippen molar-refractivity contribution >= 4 is 5.91 Å². The van der Waals surface area contributed by atoms with E-state index in [1.165, 1.54) is 11.1 Å². The summed E-state index contributed by atoms with van der Waals surface area (Å²) < 4.78 is 5.57. The third kappa shape index (κ3) is 2.90. The number of carbonyl (C=O) groups is 1. The number of aromatic nitrogens is 3. The smallest absolute Gasteiger partial charge is 0.266 e. The number of carbonyl (C=O) groups excluding carboxylic acids is 1. The zero-order valence-electron chi connectivity index (χ0n) is 13.1. The van der Waals surface area contributed by atoms with Crippen molar-refractivity contribution in [2.45, 2.75) is 19.4 Å². The van der Waals surface area contributed by atoms with E-state index in [9.17, 15) is 4.79 Å². The van der Waals surface area contributed by atoms with Crippen molar-refractivity contribution in [1.82, 2.24) is 20.1 Å². The van der Waals surface area contributed by atoms with Gasteiger partial charge in [-0.25, -0.2) is 0 Å². The minimum Gasteiger partial charge on any atom is -0.419 e. The second kappa shape index (κ2) is 6.23. The summed E-state index contributed by atoms with van der Waals surface area (Å²) in [5.41, 5.74) is 3.13. The number of pyridine rings is 1. The van der Waals surface area contributed by atoms with E-state index in [-0.39, 0.29) is 12.3 Å². The maximum absolute atomic E-state index is 12.5. The normalized spacial score (nSPS) is 13.6. The molecule has 2 aromatic heterocycles. The number of fused-ring (bicyclic) bond motifs is 1. The summed E-state index contributed by atoms with van der Waals surface area (Å²) in [6.07, 6.45) is 2.66. The Labute approximate surface area is 139 Å². The molecule has 0 aliphatic carbocycles. The SMILES string of the molecule is O=C(Cc1nnc(-c2ccccn2)o1)N1CCc2ccccc2C1. The van der Waals surface area contributed by atoms with Crippen LogP contribution in [0.2, 0.25) is 0 Å². The Kier molecular flexibility index (Phi) is 3.78. The highest BCUT2D eigenvalue weighted by Gasteiger charge is 2.22. The van der Waals surface area contributed by atoms with Gasteiger partial charge in [0.25, 0.3) is 5.89 Å². The number of hydrogen-bond donors (Lipinski definition) is 0. The van der Waals surface area contributed by atoms with E-state index in [0.29, 0.717) is 24.0 Å². The largest absolute Gasteiger partial charge is 0.419 e. The third-order valence-corrected chi connectivity index (χ3v) is 4.14. The van der Waals surface area contributed by atoms with Crippen LogP contribution in [-0.2, 0) is 24.2 Å². The van der Waals surface area contributed by atoms with Gasteiger partial charge in [-0.3, -0.25) is 9.78 Å². The first-order valence-electron chi connectivity index (χ1n) is 7.88. The molecule has 0 bridgehead atoms. The second-order valence-electron chi connectivity index (χ2n) is 5.73. The molecule has 1 amide bonds. The molecule has 1 aromatic carbocycles. The predicted octanol–water partition coefficient (Wildman–Crippen LogP) is 2.26. The maximum Gasteiger partial charge on any atom is 0.266 e. The first-order chi connectivity index (χ1) is 11.8. The van der Waals surface area contributed by atoms with Gasteiger partial charge in [-0.05, 0) is 29.7 Å². The van der Waals surface area contributed by atoms with Crippen molar-refractivity contribution in [2.24, 2.45) is 0 Å². The van der Waals surface area contributed by atoms with Gasteiger partial charge in [-0.15, -0.1) is 10.2 Å². The zero-order valence-corrected chi connectivity index (χ0v) is 13.1. The van der Waals surface area contributed by atoms with Crippen LogP contribution in [0, 0.1) is 0 Å². The van der Waals surface area contributed by atoms with Crippen LogP contribution in [0.4, 0.5) is 0 Å². The Morgan fingerprint density at radius 3 is 2.75 bits per heavy atom. The molecular formula is C18H16N4O2. The predicted molar refractivity (Wildman–Crippen MR) is 86.8 cm³/mol. The van der Waals surface area contributed by atoms with Crippen LogP contribution in [0.5, 0.6) is 0 Å². The Morgan fingerprint density at radius 2 is 1.92 bits per heavy atom. The van der Waals surface area contributed by atoms with E-state index in [1.54, 1.807) is 12.3 Å². The van der Waals surface area contributed by atoms with Crippen molar-refractivity contribution in [2.75, 3.05) is 6.54 Å². The van der Waals surface area contributed by atoms with Gasteiger partial charge in [0.1, 0.15) is 12.1 Å². The second-order valence-corrected chi connectivity index (χ2v) is 5.73. The molecular weight excluding hydrogens is 304 g/mol. The first-order valence-corrected chi connectivity index (χ1v) is 7.88. The van der Waals surface area contributed by atoms with Crippen molar-refractivity contribution in [1.29, 1.82) is 0 Å². The molecule has 24 heavy (non-hydrogen) atoms. The van der Waals surface area contributed by atoms with Gasteiger partial charge in [0.05, 0.1) is 0 Å². The van der Waals surface area contributed by atoms with E-state index in [2.05, 4.69) is 27.3 Å². The number of hydrogen-bond acceptors (Lipinski definition) is 5. The van der Waals surface area contributed by atoms with Crippen LogP contribution in [-0.4, -0.2) is 32.5 Å². The van der Waals surface area contributed by atoms with Crippen molar-refractivity contribution in [3.63, 3.8) is 0 Å². The molecule has 0 fully saturated rings. The van der Waals surface area contributed by atoms with Gasteiger partial charge in [0, 0.05) is 19.3 Å². The molecule has 0 atom stereocenters. The highest BCUT2D eigenvalue weighted by atomic mass is 16.4. The summed E-state index contributed by atoms with van der Waals surface area (Å²) in [6.45, 7) is 1.35. The van der Waals surface area contributed by atoms with Crippen LogP contribution < -0.4 is 0 Å². The van der Waals surface area contributed by atoms with Crippen LogP contribution in [0.1, 0.15) is 17.0 Å². The maximum atomic E-state index is 12.5. The Balaban J connectivity index is 1.45.